The Morgan fingerprint density at radius 3 is 2.58 bits per heavy atom. The summed E-state index contributed by atoms with van der Waals surface area (Å²) in [5, 5.41) is 3.43. The van der Waals surface area contributed by atoms with Gasteiger partial charge in [0, 0.05) is 24.5 Å². The van der Waals surface area contributed by atoms with E-state index in [1.807, 2.05) is 24.3 Å². The van der Waals surface area contributed by atoms with Gasteiger partial charge in [-0.05, 0) is 25.0 Å². The molecule has 2 aromatic rings. The average Bonchev–Trinajstić information content (AvgIpc) is 3.18. The number of furan rings is 1. The van der Waals surface area contributed by atoms with Gasteiger partial charge >= 0.3 is 6.03 Å². The minimum absolute atomic E-state index is 0.0664. The molecule has 0 spiro atoms. The van der Waals surface area contributed by atoms with Gasteiger partial charge in [0.25, 0.3) is 5.91 Å². The Bertz CT molecular complexity index is 771. The molecule has 2 fully saturated rings. The van der Waals surface area contributed by atoms with Crippen LogP contribution in [0.25, 0.3) is 11.0 Å². The number of fused-ring (bicyclic) bond motifs is 1. The predicted molar refractivity (Wildman–Crippen MR) is 85.4 cm³/mol. The number of likely N-dealkylation sites (tertiary alicyclic amines) is 1. The number of benzene rings is 1. The van der Waals surface area contributed by atoms with Crippen molar-refractivity contribution >= 4 is 28.8 Å². The third-order valence-corrected chi connectivity index (χ3v) is 4.63. The first-order valence-corrected chi connectivity index (χ1v) is 8.01. The molecule has 7 nitrogen and oxygen atoms in total. The molecule has 2 saturated heterocycles. The van der Waals surface area contributed by atoms with Crippen LogP contribution in [-0.2, 0) is 4.79 Å². The molecule has 7 heteroatoms. The minimum Gasteiger partial charge on any atom is -0.451 e. The summed E-state index contributed by atoms with van der Waals surface area (Å²) in [5.41, 5.74) is 0.690. The number of piperidine rings is 1. The van der Waals surface area contributed by atoms with E-state index in [4.69, 9.17) is 4.42 Å². The second-order valence-corrected chi connectivity index (χ2v) is 6.09. The van der Waals surface area contributed by atoms with Crippen molar-refractivity contribution in [2.75, 3.05) is 19.6 Å². The lowest BCUT2D eigenvalue weighted by atomic mass is 10.0. The van der Waals surface area contributed by atoms with E-state index in [2.05, 4.69) is 5.32 Å². The molecule has 0 bridgehead atoms. The summed E-state index contributed by atoms with van der Waals surface area (Å²) in [6.45, 7) is 1.06. The Kier molecular flexibility index (Phi) is 3.48. The highest BCUT2D eigenvalue weighted by atomic mass is 16.3. The quantitative estimate of drug-likeness (QED) is 0.849. The fourth-order valence-corrected chi connectivity index (χ4v) is 3.37. The van der Waals surface area contributed by atoms with E-state index in [1.54, 1.807) is 11.0 Å². The fraction of sp³-hybridized carbons (Fsp3) is 0.353. The zero-order chi connectivity index (χ0) is 16.7. The molecular weight excluding hydrogens is 310 g/mol. The third-order valence-electron chi connectivity index (χ3n) is 4.63. The van der Waals surface area contributed by atoms with E-state index in [1.165, 1.54) is 4.90 Å². The molecule has 1 aromatic heterocycles. The Morgan fingerprint density at radius 2 is 1.92 bits per heavy atom. The van der Waals surface area contributed by atoms with Gasteiger partial charge in [-0.1, -0.05) is 18.2 Å². The van der Waals surface area contributed by atoms with Crippen LogP contribution in [0.2, 0.25) is 0 Å². The lowest BCUT2D eigenvalue weighted by molar-refractivity contribution is -0.127. The van der Waals surface area contributed by atoms with Gasteiger partial charge in [-0.2, -0.15) is 0 Å². The molecule has 24 heavy (non-hydrogen) atoms. The van der Waals surface area contributed by atoms with Crippen LogP contribution in [0.3, 0.4) is 0 Å². The minimum atomic E-state index is -0.331. The predicted octanol–water partition coefficient (Wildman–Crippen LogP) is 1.59. The van der Waals surface area contributed by atoms with Crippen molar-refractivity contribution in [2.45, 2.75) is 18.9 Å². The highest BCUT2D eigenvalue weighted by Gasteiger charge is 2.37. The van der Waals surface area contributed by atoms with Crippen LogP contribution in [0.5, 0.6) is 0 Å². The number of hydrogen-bond donors (Lipinski definition) is 1. The van der Waals surface area contributed by atoms with E-state index in [0.29, 0.717) is 37.3 Å². The van der Waals surface area contributed by atoms with E-state index >= 15 is 0 Å². The van der Waals surface area contributed by atoms with Crippen LogP contribution in [-0.4, -0.2) is 53.3 Å². The highest BCUT2D eigenvalue weighted by Crippen LogP contribution is 2.23. The second-order valence-electron chi connectivity index (χ2n) is 6.09. The Hall–Kier alpha value is -2.83. The fourth-order valence-electron chi connectivity index (χ4n) is 3.37. The summed E-state index contributed by atoms with van der Waals surface area (Å²) < 4.78 is 5.62. The first-order valence-electron chi connectivity index (χ1n) is 8.01. The standard InChI is InChI=1S/C17H17N3O4/c21-15-10-18-17(23)20(15)12-5-7-19(8-6-12)16(22)14-9-11-3-1-2-4-13(11)24-14/h1-4,9,12H,5-8,10H2,(H,18,23). The first-order chi connectivity index (χ1) is 11.6. The Balaban J connectivity index is 1.44. The zero-order valence-electron chi connectivity index (χ0n) is 13.0. The summed E-state index contributed by atoms with van der Waals surface area (Å²) in [5.74, 6) is -0.0199. The van der Waals surface area contributed by atoms with Crippen LogP contribution in [0.15, 0.2) is 34.7 Å². The van der Waals surface area contributed by atoms with Gasteiger partial charge in [-0.25, -0.2) is 4.79 Å². The van der Waals surface area contributed by atoms with Gasteiger partial charge in [0.05, 0.1) is 6.54 Å². The molecule has 2 aliphatic rings. The van der Waals surface area contributed by atoms with Crippen LogP contribution in [0.4, 0.5) is 4.79 Å². The number of hydrogen-bond acceptors (Lipinski definition) is 4. The number of carbonyl (C=O) groups is 3. The number of imide groups is 1. The van der Waals surface area contributed by atoms with Crippen LogP contribution < -0.4 is 5.32 Å². The van der Waals surface area contributed by atoms with Crippen molar-refractivity contribution in [3.8, 4) is 0 Å². The number of carbonyl (C=O) groups excluding carboxylic acids is 3. The van der Waals surface area contributed by atoms with Crippen molar-refractivity contribution in [2.24, 2.45) is 0 Å². The van der Waals surface area contributed by atoms with E-state index < -0.39 is 0 Å². The number of nitrogens with one attached hydrogen (secondary N) is 1. The maximum absolute atomic E-state index is 12.6. The SMILES string of the molecule is O=C(c1cc2ccccc2o1)N1CCC(N2C(=O)CNC2=O)CC1. The normalized spacial score (nSPS) is 19.2. The van der Waals surface area contributed by atoms with Gasteiger partial charge in [-0.15, -0.1) is 0 Å². The molecule has 4 rings (SSSR count). The lowest BCUT2D eigenvalue weighted by Gasteiger charge is -2.34. The highest BCUT2D eigenvalue weighted by molar-refractivity contribution is 6.02. The van der Waals surface area contributed by atoms with Crippen LogP contribution in [0.1, 0.15) is 23.4 Å². The van der Waals surface area contributed by atoms with E-state index in [-0.39, 0.29) is 30.4 Å². The summed E-state index contributed by atoms with van der Waals surface area (Å²) >= 11 is 0. The van der Waals surface area contributed by atoms with Crippen molar-refractivity contribution < 1.29 is 18.8 Å². The van der Waals surface area contributed by atoms with Crippen molar-refractivity contribution in [1.29, 1.82) is 0 Å². The molecule has 1 aromatic carbocycles. The number of rotatable bonds is 2. The molecule has 124 valence electrons. The number of nitrogens with zero attached hydrogens (tertiary/aromatic N) is 2. The van der Waals surface area contributed by atoms with Gasteiger partial charge in [-0.3, -0.25) is 14.5 Å². The van der Waals surface area contributed by atoms with E-state index in [9.17, 15) is 14.4 Å². The summed E-state index contributed by atoms with van der Waals surface area (Å²) in [7, 11) is 0. The average molecular weight is 327 g/mol. The summed E-state index contributed by atoms with van der Waals surface area (Å²) in [4.78, 5) is 39.1. The monoisotopic (exact) mass is 327 g/mol. The Morgan fingerprint density at radius 1 is 1.17 bits per heavy atom. The van der Waals surface area contributed by atoms with Gasteiger partial charge in [0.15, 0.2) is 5.76 Å². The number of para-hydroxylation sites is 1. The van der Waals surface area contributed by atoms with Gasteiger partial charge < -0.3 is 14.6 Å². The smallest absolute Gasteiger partial charge is 0.324 e. The molecule has 4 amide bonds. The van der Waals surface area contributed by atoms with E-state index in [0.717, 1.165) is 5.39 Å². The lowest BCUT2D eigenvalue weighted by Crippen LogP contribution is -2.49. The topological polar surface area (TPSA) is 82.9 Å². The van der Waals surface area contributed by atoms with Crippen LogP contribution in [0, 0.1) is 0 Å². The second kappa shape index (κ2) is 5.67. The molecule has 0 saturated carbocycles. The van der Waals surface area contributed by atoms with Gasteiger partial charge in [0.1, 0.15) is 5.58 Å². The third kappa shape index (κ3) is 2.42. The number of amides is 4. The molecule has 0 radical (unpaired) electrons. The molecule has 1 N–H and O–H groups in total. The molecule has 0 atom stereocenters. The molecule has 0 unspecified atom stereocenters. The van der Waals surface area contributed by atoms with Crippen molar-refractivity contribution in [1.82, 2.24) is 15.1 Å². The molecule has 0 aliphatic carbocycles. The number of urea groups is 1. The van der Waals surface area contributed by atoms with Crippen molar-refractivity contribution in [3.05, 3.63) is 36.1 Å². The van der Waals surface area contributed by atoms with Crippen molar-refractivity contribution in [3.63, 3.8) is 0 Å². The summed E-state index contributed by atoms with van der Waals surface area (Å²) in [6, 6.07) is 8.78. The largest absolute Gasteiger partial charge is 0.451 e. The molecular formula is C17H17N3O4. The van der Waals surface area contributed by atoms with Gasteiger partial charge in [0.2, 0.25) is 5.91 Å². The van der Waals surface area contributed by atoms with Crippen LogP contribution >= 0.6 is 0 Å². The summed E-state index contributed by atoms with van der Waals surface area (Å²) in [6.07, 6.45) is 1.18. The maximum Gasteiger partial charge on any atom is 0.324 e. The molecule has 3 heterocycles. The Labute approximate surface area is 138 Å². The first kappa shape index (κ1) is 14.7. The molecule has 2 aliphatic heterocycles. The maximum atomic E-state index is 12.6. The zero-order valence-corrected chi connectivity index (χ0v) is 13.0.